The highest BCUT2D eigenvalue weighted by Crippen LogP contribution is 2.15. The number of phenols is 1. The summed E-state index contributed by atoms with van der Waals surface area (Å²) in [5, 5.41) is 12.2. The number of carbonyl (C=O) groups is 1. The van der Waals surface area contributed by atoms with Crippen LogP contribution in [-0.4, -0.2) is 54.3 Å². The molecule has 5 nitrogen and oxygen atoms in total. The molecule has 21 heavy (non-hydrogen) atoms. The van der Waals surface area contributed by atoms with Gasteiger partial charge in [0, 0.05) is 25.2 Å². The predicted molar refractivity (Wildman–Crippen MR) is 81.3 cm³/mol. The van der Waals surface area contributed by atoms with E-state index in [4.69, 9.17) is 4.74 Å². The van der Waals surface area contributed by atoms with Gasteiger partial charge < -0.3 is 15.2 Å². The first-order valence-electron chi connectivity index (χ1n) is 7.35. The van der Waals surface area contributed by atoms with Crippen LogP contribution in [0.2, 0.25) is 0 Å². The molecule has 0 bridgehead atoms. The molecule has 0 atom stereocenters. The molecule has 0 radical (unpaired) electrons. The van der Waals surface area contributed by atoms with Crippen LogP contribution in [0.5, 0.6) is 5.75 Å². The minimum absolute atomic E-state index is 0.00187. The quantitative estimate of drug-likeness (QED) is 0.855. The highest BCUT2D eigenvalue weighted by Gasteiger charge is 2.28. The number of nitrogens with zero attached hydrogens (tertiary/aromatic N) is 1. The molecule has 0 aromatic heterocycles. The Bertz CT molecular complexity index is 465. The number of nitrogens with one attached hydrogen (secondary N) is 1. The molecule has 2 N–H and O–H groups in total. The van der Waals surface area contributed by atoms with E-state index in [0.29, 0.717) is 13.0 Å². The molecule has 5 heteroatoms. The Morgan fingerprint density at radius 2 is 1.90 bits per heavy atom. The second-order valence-corrected chi connectivity index (χ2v) is 6.03. The number of hydrogen-bond donors (Lipinski definition) is 2. The van der Waals surface area contributed by atoms with E-state index in [1.54, 1.807) is 24.3 Å². The van der Waals surface area contributed by atoms with Gasteiger partial charge in [-0.25, -0.2) is 0 Å². The molecule has 1 aliphatic rings. The number of morpholine rings is 1. The van der Waals surface area contributed by atoms with Crippen LogP contribution < -0.4 is 5.32 Å². The van der Waals surface area contributed by atoms with Crippen molar-refractivity contribution in [1.82, 2.24) is 10.2 Å². The van der Waals surface area contributed by atoms with E-state index in [-0.39, 0.29) is 17.2 Å². The summed E-state index contributed by atoms with van der Waals surface area (Å²) in [6, 6.07) is 6.73. The van der Waals surface area contributed by atoms with Crippen LogP contribution in [0.1, 0.15) is 19.4 Å². The van der Waals surface area contributed by atoms with Crippen molar-refractivity contribution in [2.24, 2.45) is 0 Å². The van der Waals surface area contributed by atoms with E-state index in [1.165, 1.54) is 0 Å². The third-order valence-electron chi connectivity index (χ3n) is 3.89. The van der Waals surface area contributed by atoms with Gasteiger partial charge in [0.15, 0.2) is 0 Å². The van der Waals surface area contributed by atoms with E-state index in [1.807, 2.05) is 0 Å². The Labute approximate surface area is 125 Å². The summed E-state index contributed by atoms with van der Waals surface area (Å²) in [6.07, 6.45) is 0.333. The molecule has 1 aromatic carbocycles. The lowest BCUT2D eigenvalue weighted by atomic mass is 10.0. The van der Waals surface area contributed by atoms with Crippen molar-refractivity contribution >= 4 is 5.91 Å². The van der Waals surface area contributed by atoms with Crippen LogP contribution in [0.3, 0.4) is 0 Å². The summed E-state index contributed by atoms with van der Waals surface area (Å²) in [5.41, 5.74) is 0.823. The number of benzene rings is 1. The van der Waals surface area contributed by atoms with Gasteiger partial charge in [-0.2, -0.15) is 0 Å². The van der Waals surface area contributed by atoms with Crippen LogP contribution in [0.25, 0.3) is 0 Å². The van der Waals surface area contributed by atoms with E-state index in [9.17, 15) is 9.90 Å². The first-order chi connectivity index (χ1) is 9.97. The topological polar surface area (TPSA) is 61.8 Å². The number of hydrogen-bond acceptors (Lipinski definition) is 4. The predicted octanol–water partition coefficient (Wildman–Crippen LogP) is 1.16. The standard InChI is InChI=1S/C16H24N2O3/c1-16(2,18-7-9-21-10-8-18)12-17-15(20)11-13-3-5-14(19)6-4-13/h3-6,19H,7-12H2,1-2H3,(H,17,20). The third-order valence-corrected chi connectivity index (χ3v) is 3.89. The molecule has 0 saturated carbocycles. The van der Waals surface area contributed by atoms with Crippen molar-refractivity contribution in [2.75, 3.05) is 32.8 Å². The molecule has 0 unspecified atom stereocenters. The van der Waals surface area contributed by atoms with Gasteiger partial charge in [0.25, 0.3) is 0 Å². The lowest BCUT2D eigenvalue weighted by molar-refractivity contribution is -0.121. The zero-order valence-corrected chi connectivity index (χ0v) is 12.8. The summed E-state index contributed by atoms with van der Waals surface area (Å²) in [4.78, 5) is 14.4. The van der Waals surface area contributed by atoms with E-state index in [2.05, 4.69) is 24.1 Å². The fourth-order valence-electron chi connectivity index (χ4n) is 2.46. The van der Waals surface area contributed by atoms with Crippen LogP contribution in [0.15, 0.2) is 24.3 Å². The number of rotatable bonds is 5. The molecule has 0 aliphatic carbocycles. The minimum Gasteiger partial charge on any atom is -0.508 e. The third kappa shape index (κ3) is 4.72. The van der Waals surface area contributed by atoms with Gasteiger partial charge in [-0.15, -0.1) is 0 Å². The van der Waals surface area contributed by atoms with Crippen LogP contribution in [-0.2, 0) is 16.0 Å². The first kappa shape index (κ1) is 15.8. The first-order valence-corrected chi connectivity index (χ1v) is 7.35. The molecular weight excluding hydrogens is 268 g/mol. The summed E-state index contributed by atoms with van der Waals surface area (Å²) in [6.45, 7) is 8.21. The Morgan fingerprint density at radius 3 is 2.52 bits per heavy atom. The van der Waals surface area contributed by atoms with E-state index in [0.717, 1.165) is 31.9 Å². The fraction of sp³-hybridized carbons (Fsp3) is 0.562. The summed E-state index contributed by atoms with van der Waals surface area (Å²) >= 11 is 0. The maximum Gasteiger partial charge on any atom is 0.224 e. The number of amides is 1. The maximum absolute atomic E-state index is 12.0. The molecular formula is C16H24N2O3. The molecule has 1 fully saturated rings. The Hall–Kier alpha value is -1.59. The van der Waals surface area contributed by atoms with Crippen molar-refractivity contribution in [3.8, 4) is 5.75 Å². The summed E-state index contributed by atoms with van der Waals surface area (Å²) < 4.78 is 5.36. The van der Waals surface area contributed by atoms with Crippen molar-refractivity contribution < 1.29 is 14.6 Å². The van der Waals surface area contributed by atoms with Gasteiger partial charge in [-0.1, -0.05) is 12.1 Å². The van der Waals surface area contributed by atoms with Crippen molar-refractivity contribution in [3.63, 3.8) is 0 Å². The van der Waals surface area contributed by atoms with Crippen LogP contribution in [0.4, 0.5) is 0 Å². The fourth-order valence-corrected chi connectivity index (χ4v) is 2.46. The van der Waals surface area contributed by atoms with Gasteiger partial charge in [0.1, 0.15) is 5.75 Å². The SMILES string of the molecule is CC(C)(CNC(=O)Cc1ccc(O)cc1)N1CCOCC1. The minimum atomic E-state index is -0.0750. The van der Waals surface area contributed by atoms with Gasteiger partial charge in [-0.3, -0.25) is 9.69 Å². The van der Waals surface area contributed by atoms with E-state index < -0.39 is 0 Å². The number of aromatic hydroxyl groups is 1. The highest BCUT2D eigenvalue weighted by molar-refractivity contribution is 5.78. The molecule has 0 spiro atoms. The lowest BCUT2D eigenvalue weighted by Gasteiger charge is -2.40. The van der Waals surface area contributed by atoms with Crippen molar-refractivity contribution in [3.05, 3.63) is 29.8 Å². The largest absolute Gasteiger partial charge is 0.508 e. The monoisotopic (exact) mass is 292 g/mol. The Balaban J connectivity index is 1.81. The van der Waals surface area contributed by atoms with Gasteiger partial charge in [0.2, 0.25) is 5.91 Å². The number of phenolic OH excluding ortho intramolecular Hbond substituents is 1. The molecule has 1 aliphatic heterocycles. The Kier molecular flexibility index (Phi) is 5.20. The van der Waals surface area contributed by atoms with Gasteiger partial charge in [-0.05, 0) is 31.5 Å². The second-order valence-electron chi connectivity index (χ2n) is 6.03. The number of ether oxygens (including phenoxy) is 1. The van der Waals surface area contributed by atoms with E-state index >= 15 is 0 Å². The summed E-state index contributed by atoms with van der Waals surface area (Å²) in [5.74, 6) is 0.217. The van der Waals surface area contributed by atoms with Gasteiger partial charge in [0.05, 0.1) is 19.6 Å². The maximum atomic E-state index is 12.0. The number of carbonyl (C=O) groups excluding carboxylic acids is 1. The van der Waals surface area contributed by atoms with Crippen molar-refractivity contribution in [2.45, 2.75) is 25.8 Å². The molecule has 1 aromatic rings. The average molecular weight is 292 g/mol. The van der Waals surface area contributed by atoms with Crippen molar-refractivity contribution in [1.29, 1.82) is 0 Å². The molecule has 1 amide bonds. The zero-order valence-electron chi connectivity index (χ0n) is 12.8. The molecule has 1 saturated heterocycles. The molecule has 116 valence electrons. The second kappa shape index (κ2) is 6.91. The average Bonchev–Trinajstić information content (AvgIpc) is 2.49. The lowest BCUT2D eigenvalue weighted by Crippen LogP contribution is -2.55. The molecule has 2 rings (SSSR count). The van der Waals surface area contributed by atoms with Gasteiger partial charge >= 0.3 is 0 Å². The highest BCUT2D eigenvalue weighted by atomic mass is 16.5. The normalized spacial score (nSPS) is 16.7. The van der Waals surface area contributed by atoms with Crippen LogP contribution in [0, 0.1) is 0 Å². The zero-order chi connectivity index (χ0) is 15.3. The molecule has 1 heterocycles. The van der Waals surface area contributed by atoms with Crippen LogP contribution >= 0.6 is 0 Å². The smallest absolute Gasteiger partial charge is 0.224 e. The Morgan fingerprint density at radius 1 is 1.29 bits per heavy atom. The summed E-state index contributed by atoms with van der Waals surface area (Å²) in [7, 11) is 0.